The number of hydrogen-bond donors (Lipinski definition) is 2. The fourth-order valence-corrected chi connectivity index (χ4v) is 3.47. The molecule has 0 saturated carbocycles. The van der Waals surface area contributed by atoms with Gasteiger partial charge in [-0.15, -0.1) is 0 Å². The van der Waals surface area contributed by atoms with Gasteiger partial charge in [-0.3, -0.25) is 4.99 Å². The molecule has 2 heterocycles. The number of piperidine rings is 1. The zero-order valence-electron chi connectivity index (χ0n) is 16.3. The van der Waals surface area contributed by atoms with Crippen LogP contribution in [0.3, 0.4) is 0 Å². The van der Waals surface area contributed by atoms with Crippen molar-refractivity contribution in [3.05, 3.63) is 0 Å². The van der Waals surface area contributed by atoms with E-state index in [2.05, 4.69) is 34.4 Å². The molecule has 0 aromatic heterocycles. The lowest BCUT2D eigenvalue weighted by atomic mass is 10.0. The van der Waals surface area contributed by atoms with Crippen LogP contribution in [0.4, 0.5) is 0 Å². The van der Waals surface area contributed by atoms with Crippen LogP contribution in [0.1, 0.15) is 52.4 Å². The highest BCUT2D eigenvalue weighted by molar-refractivity contribution is 5.79. The van der Waals surface area contributed by atoms with Crippen molar-refractivity contribution < 1.29 is 9.47 Å². The fourth-order valence-electron chi connectivity index (χ4n) is 3.47. The summed E-state index contributed by atoms with van der Waals surface area (Å²) in [6.45, 7) is 11.9. The smallest absolute Gasteiger partial charge is 0.191 e. The molecule has 2 aliphatic heterocycles. The van der Waals surface area contributed by atoms with Gasteiger partial charge in [0.25, 0.3) is 0 Å². The Labute approximate surface area is 153 Å². The highest BCUT2D eigenvalue weighted by Crippen LogP contribution is 2.16. The summed E-state index contributed by atoms with van der Waals surface area (Å²) in [5, 5.41) is 6.78. The first-order valence-corrected chi connectivity index (χ1v) is 10.2. The molecular weight excluding hydrogens is 316 g/mol. The van der Waals surface area contributed by atoms with Crippen LogP contribution in [-0.4, -0.2) is 75.5 Å². The molecule has 0 aliphatic carbocycles. The Hall–Kier alpha value is -0.850. The van der Waals surface area contributed by atoms with E-state index in [1.165, 1.54) is 38.8 Å². The van der Waals surface area contributed by atoms with E-state index in [1.54, 1.807) is 0 Å². The van der Waals surface area contributed by atoms with Gasteiger partial charge in [0.05, 0.1) is 12.7 Å². The minimum atomic E-state index is 0.299. The van der Waals surface area contributed by atoms with Gasteiger partial charge < -0.3 is 25.0 Å². The summed E-state index contributed by atoms with van der Waals surface area (Å²) in [6.07, 6.45) is 7.56. The van der Waals surface area contributed by atoms with Gasteiger partial charge in [-0.25, -0.2) is 0 Å². The predicted octanol–water partition coefficient (Wildman–Crippen LogP) is 2.00. The largest absolute Gasteiger partial charge is 0.379 e. The fraction of sp³-hybridized carbons (Fsp3) is 0.947. The summed E-state index contributed by atoms with van der Waals surface area (Å²) in [5.74, 6) is 0.929. The van der Waals surface area contributed by atoms with Crippen molar-refractivity contribution in [3.8, 4) is 0 Å². The first-order chi connectivity index (χ1) is 12.3. The van der Waals surface area contributed by atoms with Crippen LogP contribution < -0.4 is 10.6 Å². The lowest BCUT2D eigenvalue weighted by molar-refractivity contribution is 0.0424. The standard InChI is InChI=1S/C19H38N4O2/c1-3-20-19(22-11-7-14-25-18-9-15-24-16-18)21-10-6-13-23-12-5-4-8-17(23)2/h17-18H,3-16H2,1-2H3,(H2,20,21,22). The number of ether oxygens (including phenoxy) is 2. The average Bonchev–Trinajstić information content (AvgIpc) is 3.13. The minimum Gasteiger partial charge on any atom is -0.379 e. The summed E-state index contributed by atoms with van der Waals surface area (Å²) in [4.78, 5) is 7.27. The highest BCUT2D eigenvalue weighted by Gasteiger charge is 2.17. The monoisotopic (exact) mass is 354 g/mol. The quantitative estimate of drug-likeness (QED) is 0.357. The molecule has 2 fully saturated rings. The molecule has 25 heavy (non-hydrogen) atoms. The summed E-state index contributed by atoms with van der Waals surface area (Å²) in [5.41, 5.74) is 0. The topological polar surface area (TPSA) is 58.1 Å². The van der Waals surface area contributed by atoms with Crippen molar-refractivity contribution in [1.82, 2.24) is 15.5 Å². The maximum atomic E-state index is 5.78. The van der Waals surface area contributed by atoms with E-state index in [1.807, 2.05) is 0 Å². The van der Waals surface area contributed by atoms with E-state index >= 15 is 0 Å². The third-order valence-corrected chi connectivity index (χ3v) is 5.01. The number of rotatable bonds is 10. The molecule has 146 valence electrons. The van der Waals surface area contributed by atoms with E-state index in [9.17, 15) is 0 Å². The van der Waals surface area contributed by atoms with Gasteiger partial charge in [0, 0.05) is 45.4 Å². The Morgan fingerprint density at radius 2 is 2.16 bits per heavy atom. The molecule has 0 aromatic rings. The van der Waals surface area contributed by atoms with E-state index in [0.29, 0.717) is 6.10 Å². The lowest BCUT2D eigenvalue weighted by Crippen LogP contribution is -2.41. The van der Waals surface area contributed by atoms with Crippen molar-refractivity contribution >= 4 is 5.96 Å². The Bertz CT molecular complexity index is 372. The first kappa shape index (κ1) is 20.5. The Kier molecular flexibility index (Phi) is 10.2. The molecule has 6 heteroatoms. The van der Waals surface area contributed by atoms with E-state index < -0.39 is 0 Å². The first-order valence-electron chi connectivity index (χ1n) is 10.2. The Morgan fingerprint density at radius 3 is 2.92 bits per heavy atom. The highest BCUT2D eigenvalue weighted by atomic mass is 16.5. The van der Waals surface area contributed by atoms with E-state index in [0.717, 1.165) is 64.3 Å². The summed E-state index contributed by atoms with van der Waals surface area (Å²) < 4.78 is 11.1. The molecule has 2 saturated heterocycles. The summed E-state index contributed by atoms with van der Waals surface area (Å²) >= 11 is 0. The molecule has 0 radical (unpaired) electrons. The molecular formula is C19H38N4O2. The molecule has 0 aromatic carbocycles. The number of guanidine groups is 1. The van der Waals surface area contributed by atoms with Gasteiger partial charge in [0.2, 0.25) is 0 Å². The van der Waals surface area contributed by atoms with Crippen molar-refractivity contribution in [2.45, 2.75) is 64.5 Å². The molecule has 2 unspecified atom stereocenters. The number of likely N-dealkylation sites (tertiary alicyclic amines) is 1. The van der Waals surface area contributed by atoms with Gasteiger partial charge in [-0.05, 0) is 52.5 Å². The summed E-state index contributed by atoms with van der Waals surface area (Å²) in [7, 11) is 0. The van der Waals surface area contributed by atoms with Crippen molar-refractivity contribution in [2.24, 2.45) is 4.99 Å². The SMILES string of the molecule is CCNC(=NCCCOC1CCOC1)NCCCN1CCCCC1C. The van der Waals surface area contributed by atoms with Gasteiger partial charge in [-0.2, -0.15) is 0 Å². The molecule has 2 rings (SSSR count). The van der Waals surface area contributed by atoms with E-state index in [-0.39, 0.29) is 0 Å². The van der Waals surface area contributed by atoms with Crippen LogP contribution in [-0.2, 0) is 9.47 Å². The van der Waals surface area contributed by atoms with Crippen LogP contribution >= 0.6 is 0 Å². The predicted molar refractivity (Wildman–Crippen MR) is 103 cm³/mol. The second-order valence-electron chi connectivity index (χ2n) is 7.13. The van der Waals surface area contributed by atoms with Crippen LogP contribution in [0.5, 0.6) is 0 Å². The van der Waals surface area contributed by atoms with Crippen LogP contribution in [0.25, 0.3) is 0 Å². The lowest BCUT2D eigenvalue weighted by Gasteiger charge is -2.33. The molecule has 2 N–H and O–H groups in total. The molecule has 0 bridgehead atoms. The normalized spacial score (nSPS) is 25.3. The zero-order valence-corrected chi connectivity index (χ0v) is 16.3. The van der Waals surface area contributed by atoms with Gasteiger partial charge >= 0.3 is 0 Å². The second kappa shape index (κ2) is 12.5. The average molecular weight is 355 g/mol. The van der Waals surface area contributed by atoms with Crippen LogP contribution in [0.15, 0.2) is 4.99 Å². The van der Waals surface area contributed by atoms with Gasteiger partial charge in [0.1, 0.15) is 0 Å². The molecule has 2 atom stereocenters. The van der Waals surface area contributed by atoms with Gasteiger partial charge in [0.15, 0.2) is 5.96 Å². The third-order valence-electron chi connectivity index (χ3n) is 5.01. The second-order valence-corrected chi connectivity index (χ2v) is 7.13. The number of aliphatic imine (C=N–C) groups is 1. The zero-order chi connectivity index (χ0) is 17.7. The Balaban J connectivity index is 1.55. The molecule has 0 spiro atoms. The number of hydrogen-bond acceptors (Lipinski definition) is 4. The van der Waals surface area contributed by atoms with Crippen molar-refractivity contribution in [2.75, 3.05) is 52.5 Å². The minimum absolute atomic E-state index is 0.299. The van der Waals surface area contributed by atoms with E-state index in [4.69, 9.17) is 9.47 Å². The third kappa shape index (κ3) is 8.38. The molecule has 0 amide bonds. The maximum Gasteiger partial charge on any atom is 0.191 e. The maximum absolute atomic E-state index is 5.78. The van der Waals surface area contributed by atoms with Crippen molar-refractivity contribution in [1.29, 1.82) is 0 Å². The van der Waals surface area contributed by atoms with Crippen molar-refractivity contribution in [3.63, 3.8) is 0 Å². The van der Waals surface area contributed by atoms with Crippen LogP contribution in [0.2, 0.25) is 0 Å². The summed E-state index contributed by atoms with van der Waals surface area (Å²) in [6, 6.07) is 0.751. The molecule has 6 nitrogen and oxygen atoms in total. The van der Waals surface area contributed by atoms with Gasteiger partial charge in [-0.1, -0.05) is 6.42 Å². The number of nitrogens with zero attached hydrogens (tertiary/aromatic N) is 2. The molecule has 2 aliphatic rings. The van der Waals surface area contributed by atoms with Crippen LogP contribution in [0, 0.1) is 0 Å². The number of nitrogens with one attached hydrogen (secondary N) is 2. The Morgan fingerprint density at radius 1 is 1.24 bits per heavy atom.